The average molecular weight is 401 g/mol. The first-order chi connectivity index (χ1) is 13.4. The summed E-state index contributed by atoms with van der Waals surface area (Å²) < 4.78 is 5.80. The molecule has 28 heavy (non-hydrogen) atoms. The van der Waals surface area contributed by atoms with Crippen molar-refractivity contribution in [2.75, 3.05) is 11.4 Å². The first kappa shape index (κ1) is 20.1. The van der Waals surface area contributed by atoms with E-state index in [0.717, 1.165) is 6.42 Å². The fraction of sp³-hybridized carbons (Fsp3) is 0.381. The number of carbonyl (C=O) groups is 3. The fourth-order valence-electron chi connectivity index (χ4n) is 3.00. The van der Waals surface area contributed by atoms with Gasteiger partial charge in [-0.15, -0.1) is 11.3 Å². The molecule has 0 fully saturated rings. The minimum Gasteiger partial charge on any atom is -0.478 e. The SMILES string of the molecule is CCC(C)NC(=O)CN1C(=O)C(CC)Oc2ccc(C(=O)c3cccs3)cc21. The van der Waals surface area contributed by atoms with Crippen molar-refractivity contribution in [2.24, 2.45) is 0 Å². The molecule has 1 aliphatic heterocycles. The highest BCUT2D eigenvalue weighted by molar-refractivity contribution is 7.12. The van der Waals surface area contributed by atoms with E-state index in [1.54, 1.807) is 24.3 Å². The van der Waals surface area contributed by atoms with Crippen molar-refractivity contribution in [1.29, 1.82) is 0 Å². The maximum absolute atomic E-state index is 12.9. The smallest absolute Gasteiger partial charge is 0.268 e. The number of amides is 2. The number of nitrogens with one attached hydrogen (secondary N) is 1. The normalized spacial score (nSPS) is 16.9. The molecule has 0 bridgehead atoms. The van der Waals surface area contributed by atoms with E-state index in [0.29, 0.717) is 28.3 Å². The second kappa shape index (κ2) is 8.56. The minimum atomic E-state index is -0.636. The summed E-state index contributed by atoms with van der Waals surface area (Å²) in [4.78, 5) is 40.0. The van der Waals surface area contributed by atoms with Crippen LogP contribution in [0.2, 0.25) is 0 Å². The van der Waals surface area contributed by atoms with Gasteiger partial charge in [0, 0.05) is 11.6 Å². The molecule has 7 heteroatoms. The summed E-state index contributed by atoms with van der Waals surface area (Å²) in [6.07, 6.45) is 0.663. The molecule has 1 aromatic carbocycles. The third-order valence-electron chi connectivity index (χ3n) is 4.76. The molecule has 2 amide bonds. The van der Waals surface area contributed by atoms with Gasteiger partial charge in [0.05, 0.1) is 10.6 Å². The minimum absolute atomic E-state index is 0.0248. The van der Waals surface area contributed by atoms with E-state index >= 15 is 0 Å². The van der Waals surface area contributed by atoms with Gasteiger partial charge in [0.2, 0.25) is 11.7 Å². The molecule has 2 aromatic rings. The van der Waals surface area contributed by atoms with Crippen LogP contribution in [0.3, 0.4) is 0 Å². The van der Waals surface area contributed by atoms with Gasteiger partial charge in [0.1, 0.15) is 12.3 Å². The second-order valence-corrected chi connectivity index (χ2v) is 7.75. The van der Waals surface area contributed by atoms with Crippen molar-refractivity contribution in [3.63, 3.8) is 0 Å². The highest BCUT2D eigenvalue weighted by atomic mass is 32.1. The fourth-order valence-corrected chi connectivity index (χ4v) is 3.69. The maximum Gasteiger partial charge on any atom is 0.268 e. The molecule has 3 rings (SSSR count). The van der Waals surface area contributed by atoms with Crippen LogP contribution < -0.4 is 15.0 Å². The van der Waals surface area contributed by atoms with Crippen LogP contribution in [-0.4, -0.2) is 36.3 Å². The number of fused-ring (bicyclic) bond motifs is 1. The Morgan fingerprint density at radius 1 is 1.29 bits per heavy atom. The van der Waals surface area contributed by atoms with Gasteiger partial charge >= 0.3 is 0 Å². The van der Waals surface area contributed by atoms with Gasteiger partial charge in [0.25, 0.3) is 5.91 Å². The zero-order chi connectivity index (χ0) is 20.3. The zero-order valence-corrected chi connectivity index (χ0v) is 17.0. The van der Waals surface area contributed by atoms with Crippen LogP contribution in [0.5, 0.6) is 5.75 Å². The van der Waals surface area contributed by atoms with Gasteiger partial charge in [-0.1, -0.05) is 19.9 Å². The van der Waals surface area contributed by atoms with Crippen LogP contribution in [0.15, 0.2) is 35.7 Å². The predicted molar refractivity (Wildman–Crippen MR) is 109 cm³/mol. The van der Waals surface area contributed by atoms with Gasteiger partial charge in [-0.25, -0.2) is 0 Å². The van der Waals surface area contributed by atoms with E-state index in [-0.39, 0.29) is 30.2 Å². The monoisotopic (exact) mass is 400 g/mol. The zero-order valence-electron chi connectivity index (χ0n) is 16.2. The molecule has 2 atom stereocenters. The van der Waals surface area contributed by atoms with Crippen LogP contribution in [0.1, 0.15) is 48.8 Å². The molecule has 2 heterocycles. The molecule has 0 spiro atoms. The summed E-state index contributed by atoms with van der Waals surface area (Å²) >= 11 is 1.36. The summed E-state index contributed by atoms with van der Waals surface area (Å²) in [5.41, 5.74) is 0.913. The lowest BCUT2D eigenvalue weighted by atomic mass is 10.0. The van der Waals surface area contributed by atoms with Gasteiger partial charge in [-0.2, -0.15) is 0 Å². The Labute approximate surface area is 168 Å². The van der Waals surface area contributed by atoms with E-state index in [1.807, 2.05) is 32.2 Å². The van der Waals surface area contributed by atoms with E-state index in [4.69, 9.17) is 4.74 Å². The lowest BCUT2D eigenvalue weighted by Crippen LogP contribution is -2.50. The Hall–Kier alpha value is -2.67. The standard InChI is InChI=1S/C21H24N2O4S/c1-4-13(3)22-19(24)12-23-15-11-14(20(25)18-7-6-10-28-18)8-9-17(15)27-16(5-2)21(23)26/h6-11,13,16H,4-5,12H2,1-3H3,(H,22,24). The molecule has 0 aliphatic carbocycles. The van der Waals surface area contributed by atoms with Crippen LogP contribution in [0, 0.1) is 0 Å². The van der Waals surface area contributed by atoms with Crippen molar-refractivity contribution >= 4 is 34.6 Å². The Balaban J connectivity index is 1.93. The number of nitrogens with zero attached hydrogens (tertiary/aromatic N) is 1. The molecule has 0 radical (unpaired) electrons. The molecule has 6 nitrogen and oxygen atoms in total. The number of hydrogen-bond donors (Lipinski definition) is 1. The Morgan fingerprint density at radius 3 is 2.71 bits per heavy atom. The first-order valence-corrected chi connectivity index (χ1v) is 10.3. The average Bonchev–Trinajstić information content (AvgIpc) is 3.23. The van der Waals surface area contributed by atoms with E-state index < -0.39 is 6.10 Å². The third-order valence-corrected chi connectivity index (χ3v) is 5.63. The lowest BCUT2D eigenvalue weighted by Gasteiger charge is -2.34. The summed E-state index contributed by atoms with van der Waals surface area (Å²) in [5.74, 6) is -0.118. The Bertz CT molecular complexity index is 879. The second-order valence-electron chi connectivity index (χ2n) is 6.80. The van der Waals surface area contributed by atoms with Gasteiger partial charge in [0.15, 0.2) is 6.10 Å². The predicted octanol–water partition coefficient (Wildman–Crippen LogP) is 3.40. The van der Waals surface area contributed by atoms with Crippen LogP contribution in [0.4, 0.5) is 5.69 Å². The largest absolute Gasteiger partial charge is 0.478 e. The molecule has 1 N–H and O–H groups in total. The first-order valence-electron chi connectivity index (χ1n) is 9.44. The van der Waals surface area contributed by atoms with Crippen LogP contribution in [-0.2, 0) is 9.59 Å². The summed E-state index contributed by atoms with van der Waals surface area (Å²) in [6, 6.07) is 8.64. The van der Waals surface area contributed by atoms with E-state index in [2.05, 4.69) is 5.32 Å². The topological polar surface area (TPSA) is 75.7 Å². The Morgan fingerprint density at radius 2 is 2.07 bits per heavy atom. The van der Waals surface area contributed by atoms with Crippen molar-refractivity contribution in [1.82, 2.24) is 5.32 Å². The van der Waals surface area contributed by atoms with Crippen molar-refractivity contribution in [3.05, 3.63) is 46.2 Å². The van der Waals surface area contributed by atoms with E-state index in [1.165, 1.54) is 16.2 Å². The lowest BCUT2D eigenvalue weighted by molar-refractivity contribution is -0.129. The van der Waals surface area contributed by atoms with Crippen LogP contribution in [0.25, 0.3) is 0 Å². The molecule has 148 valence electrons. The maximum atomic E-state index is 12.9. The van der Waals surface area contributed by atoms with Gasteiger partial charge in [-0.3, -0.25) is 19.3 Å². The molecular weight excluding hydrogens is 376 g/mol. The number of benzene rings is 1. The third kappa shape index (κ3) is 4.09. The number of carbonyl (C=O) groups excluding carboxylic acids is 3. The van der Waals surface area contributed by atoms with Gasteiger partial charge < -0.3 is 10.1 Å². The van der Waals surface area contributed by atoms with Crippen molar-refractivity contribution < 1.29 is 19.1 Å². The number of rotatable bonds is 7. The quantitative estimate of drug-likeness (QED) is 0.723. The number of thiophene rings is 1. The van der Waals surface area contributed by atoms with Gasteiger partial charge in [-0.05, 0) is 49.4 Å². The van der Waals surface area contributed by atoms with Crippen molar-refractivity contribution in [3.8, 4) is 5.75 Å². The number of ether oxygens (including phenoxy) is 1. The number of ketones is 1. The molecule has 2 unspecified atom stereocenters. The number of anilines is 1. The van der Waals surface area contributed by atoms with E-state index in [9.17, 15) is 14.4 Å². The molecular formula is C21H24N2O4S. The molecule has 1 aromatic heterocycles. The summed E-state index contributed by atoms with van der Waals surface area (Å²) in [7, 11) is 0. The molecule has 0 saturated carbocycles. The molecule has 0 saturated heterocycles. The summed E-state index contributed by atoms with van der Waals surface area (Å²) in [6.45, 7) is 5.65. The molecule has 1 aliphatic rings. The Kier molecular flexibility index (Phi) is 6.14. The van der Waals surface area contributed by atoms with Crippen LogP contribution >= 0.6 is 11.3 Å². The number of hydrogen-bond acceptors (Lipinski definition) is 5. The highest BCUT2D eigenvalue weighted by Crippen LogP contribution is 2.36. The summed E-state index contributed by atoms with van der Waals surface area (Å²) in [5, 5.41) is 4.72. The highest BCUT2D eigenvalue weighted by Gasteiger charge is 2.35. The van der Waals surface area contributed by atoms with Crippen molar-refractivity contribution in [2.45, 2.75) is 45.8 Å².